The molecule has 0 N–H and O–H groups in total. The second-order valence-electron chi connectivity index (χ2n) is 7.43. The minimum Gasteiger partial charge on any atom is -0.493 e. The van der Waals surface area contributed by atoms with Gasteiger partial charge in [0.1, 0.15) is 12.4 Å². The number of carbonyl (C=O) groups is 3. The first-order valence-corrected chi connectivity index (χ1v) is 12.6. The zero-order chi connectivity index (χ0) is 25.7. The predicted molar refractivity (Wildman–Crippen MR) is 142 cm³/mol. The van der Waals surface area contributed by atoms with Crippen LogP contribution < -0.4 is 14.2 Å². The molecular formula is C26H19BrClNO6S. The largest absolute Gasteiger partial charge is 0.493 e. The van der Waals surface area contributed by atoms with E-state index < -0.39 is 11.9 Å². The van der Waals surface area contributed by atoms with Gasteiger partial charge in [0.25, 0.3) is 11.1 Å². The highest BCUT2D eigenvalue weighted by Gasteiger charge is 2.35. The first-order chi connectivity index (χ1) is 17.4. The quantitative estimate of drug-likeness (QED) is 0.170. The average molecular weight is 589 g/mol. The number of esters is 1. The van der Waals surface area contributed by atoms with Gasteiger partial charge in [-0.15, -0.1) is 0 Å². The van der Waals surface area contributed by atoms with Crippen LogP contribution in [0.5, 0.6) is 17.2 Å². The van der Waals surface area contributed by atoms with Crippen LogP contribution >= 0.6 is 39.3 Å². The fourth-order valence-corrected chi connectivity index (χ4v) is 4.81. The topological polar surface area (TPSA) is 82.1 Å². The molecule has 0 atom stereocenters. The summed E-state index contributed by atoms with van der Waals surface area (Å²) in [5.74, 6) is 0.121. The maximum absolute atomic E-state index is 12.8. The number of carbonyl (C=O) groups excluding carboxylic acids is 3. The number of thioether (sulfide) groups is 1. The van der Waals surface area contributed by atoms with Crippen molar-refractivity contribution in [3.63, 3.8) is 0 Å². The van der Waals surface area contributed by atoms with Gasteiger partial charge >= 0.3 is 5.97 Å². The highest BCUT2D eigenvalue weighted by atomic mass is 79.9. The average Bonchev–Trinajstić information content (AvgIpc) is 3.13. The number of nitrogens with zero attached hydrogens (tertiary/aromatic N) is 1. The molecule has 7 nitrogen and oxygen atoms in total. The monoisotopic (exact) mass is 587 g/mol. The standard InChI is InChI=1S/C26H19BrClNO6S/c1-33-21-14-16(13-20(27)23(21)35-25(31)17-7-9-18(28)10-8-17)15-22-24(30)29(26(32)36-22)11-12-34-19-5-3-2-4-6-19/h2-10,13-15H,11-12H2,1H3/b22-15-. The van der Waals surface area contributed by atoms with Crippen molar-refractivity contribution in [1.82, 2.24) is 4.90 Å². The number of ether oxygens (including phenoxy) is 3. The Morgan fingerprint density at radius 1 is 1.08 bits per heavy atom. The van der Waals surface area contributed by atoms with Crippen molar-refractivity contribution in [3.8, 4) is 17.2 Å². The number of hydrogen-bond donors (Lipinski definition) is 0. The Hall–Kier alpha value is -3.27. The van der Waals surface area contributed by atoms with Gasteiger partial charge in [-0.3, -0.25) is 14.5 Å². The lowest BCUT2D eigenvalue weighted by atomic mass is 10.1. The molecule has 2 amide bonds. The van der Waals surface area contributed by atoms with E-state index in [1.54, 1.807) is 54.6 Å². The number of amides is 2. The number of benzene rings is 3. The molecule has 1 aliphatic heterocycles. The molecule has 36 heavy (non-hydrogen) atoms. The third-order valence-electron chi connectivity index (χ3n) is 5.02. The Morgan fingerprint density at radius 2 is 1.81 bits per heavy atom. The highest BCUT2D eigenvalue weighted by Crippen LogP contribution is 2.39. The number of methoxy groups -OCH3 is 1. The number of halogens is 2. The number of hydrogen-bond acceptors (Lipinski definition) is 7. The van der Waals surface area contributed by atoms with Crippen LogP contribution in [0.3, 0.4) is 0 Å². The molecule has 0 bridgehead atoms. The van der Waals surface area contributed by atoms with Crippen molar-refractivity contribution in [2.24, 2.45) is 0 Å². The number of imide groups is 1. The van der Waals surface area contributed by atoms with Gasteiger partial charge in [0.05, 0.1) is 28.6 Å². The van der Waals surface area contributed by atoms with E-state index in [0.717, 1.165) is 16.7 Å². The van der Waals surface area contributed by atoms with Crippen molar-refractivity contribution >= 4 is 62.5 Å². The van der Waals surface area contributed by atoms with Gasteiger partial charge in [-0.25, -0.2) is 4.79 Å². The summed E-state index contributed by atoms with van der Waals surface area (Å²) < 4.78 is 17.0. The Bertz CT molecular complexity index is 1330. The van der Waals surface area contributed by atoms with Crippen LogP contribution in [-0.4, -0.2) is 42.3 Å². The number of rotatable bonds is 8. The Labute approximate surface area is 225 Å². The molecule has 1 heterocycles. The van der Waals surface area contributed by atoms with Crippen LogP contribution in [-0.2, 0) is 4.79 Å². The van der Waals surface area contributed by atoms with E-state index in [-0.39, 0.29) is 34.8 Å². The second kappa shape index (κ2) is 11.6. The fourth-order valence-electron chi connectivity index (χ4n) is 3.28. The molecule has 0 aromatic heterocycles. The Kier molecular flexibility index (Phi) is 8.35. The molecule has 184 valence electrons. The van der Waals surface area contributed by atoms with Crippen LogP contribution in [0, 0.1) is 0 Å². The predicted octanol–water partition coefficient (Wildman–Crippen LogP) is 6.45. The molecule has 0 unspecified atom stereocenters. The van der Waals surface area contributed by atoms with Crippen LogP contribution in [0.1, 0.15) is 15.9 Å². The molecule has 0 spiro atoms. The van der Waals surface area contributed by atoms with E-state index in [1.807, 2.05) is 18.2 Å². The van der Waals surface area contributed by atoms with E-state index in [4.69, 9.17) is 25.8 Å². The van der Waals surface area contributed by atoms with Crippen molar-refractivity contribution in [1.29, 1.82) is 0 Å². The summed E-state index contributed by atoms with van der Waals surface area (Å²) in [4.78, 5) is 39.2. The molecule has 3 aromatic rings. The van der Waals surface area contributed by atoms with Gasteiger partial charge in [-0.2, -0.15) is 0 Å². The molecule has 10 heteroatoms. The van der Waals surface area contributed by atoms with E-state index >= 15 is 0 Å². The lowest BCUT2D eigenvalue weighted by Crippen LogP contribution is -2.32. The summed E-state index contributed by atoms with van der Waals surface area (Å²) in [7, 11) is 1.44. The summed E-state index contributed by atoms with van der Waals surface area (Å²) in [5.41, 5.74) is 0.901. The van der Waals surface area contributed by atoms with E-state index in [0.29, 0.717) is 26.4 Å². The zero-order valence-corrected chi connectivity index (χ0v) is 22.1. The Balaban J connectivity index is 1.47. The third kappa shape index (κ3) is 6.10. The molecule has 1 saturated heterocycles. The molecular weight excluding hydrogens is 570 g/mol. The summed E-state index contributed by atoms with van der Waals surface area (Å²) in [5, 5.41) is 0.130. The highest BCUT2D eigenvalue weighted by molar-refractivity contribution is 9.10. The summed E-state index contributed by atoms with van der Waals surface area (Å²) in [6.07, 6.45) is 1.58. The van der Waals surface area contributed by atoms with Gasteiger partial charge in [0.15, 0.2) is 11.5 Å². The van der Waals surface area contributed by atoms with Crippen LogP contribution in [0.25, 0.3) is 6.08 Å². The molecule has 4 rings (SSSR count). The Morgan fingerprint density at radius 3 is 2.50 bits per heavy atom. The first kappa shape index (κ1) is 25.8. The van der Waals surface area contributed by atoms with Gasteiger partial charge in [-0.05, 0) is 87.9 Å². The van der Waals surface area contributed by atoms with E-state index in [9.17, 15) is 14.4 Å². The number of para-hydroxylation sites is 1. The summed E-state index contributed by atoms with van der Waals surface area (Å²) in [6, 6.07) is 18.7. The van der Waals surface area contributed by atoms with Gasteiger partial charge in [0, 0.05) is 5.02 Å². The fraction of sp³-hybridized carbons (Fsp3) is 0.115. The van der Waals surface area contributed by atoms with Crippen molar-refractivity contribution in [2.75, 3.05) is 20.3 Å². The minimum atomic E-state index is -0.586. The van der Waals surface area contributed by atoms with Crippen molar-refractivity contribution < 1.29 is 28.6 Å². The van der Waals surface area contributed by atoms with E-state index in [2.05, 4.69) is 15.9 Å². The lowest BCUT2D eigenvalue weighted by Gasteiger charge is -2.13. The van der Waals surface area contributed by atoms with Gasteiger partial charge in [0.2, 0.25) is 0 Å². The molecule has 0 radical (unpaired) electrons. The molecule has 3 aromatic carbocycles. The summed E-state index contributed by atoms with van der Waals surface area (Å²) >= 11 is 10.1. The summed E-state index contributed by atoms with van der Waals surface area (Å²) in [6.45, 7) is 0.311. The van der Waals surface area contributed by atoms with Crippen LogP contribution in [0.15, 0.2) is 76.1 Å². The van der Waals surface area contributed by atoms with Crippen LogP contribution in [0.2, 0.25) is 5.02 Å². The maximum Gasteiger partial charge on any atom is 0.343 e. The minimum absolute atomic E-state index is 0.128. The first-order valence-electron chi connectivity index (χ1n) is 10.6. The third-order valence-corrected chi connectivity index (χ3v) is 6.77. The molecule has 0 aliphatic carbocycles. The van der Waals surface area contributed by atoms with Gasteiger partial charge in [-0.1, -0.05) is 29.8 Å². The van der Waals surface area contributed by atoms with E-state index in [1.165, 1.54) is 7.11 Å². The zero-order valence-electron chi connectivity index (χ0n) is 18.9. The smallest absolute Gasteiger partial charge is 0.343 e. The van der Waals surface area contributed by atoms with Gasteiger partial charge < -0.3 is 14.2 Å². The van der Waals surface area contributed by atoms with Crippen molar-refractivity contribution in [2.45, 2.75) is 0 Å². The normalized spacial score (nSPS) is 14.3. The second-order valence-corrected chi connectivity index (χ2v) is 9.71. The lowest BCUT2D eigenvalue weighted by molar-refractivity contribution is -0.123. The molecule has 0 saturated carbocycles. The SMILES string of the molecule is COc1cc(/C=C2\SC(=O)N(CCOc3ccccc3)C2=O)cc(Br)c1OC(=O)c1ccc(Cl)cc1. The van der Waals surface area contributed by atoms with Crippen LogP contribution in [0.4, 0.5) is 4.79 Å². The van der Waals surface area contributed by atoms with Crippen molar-refractivity contribution in [3.05, 3.63) is 92.3 Å². The molecule has 1 aliphatic rings. The maximum atomic E-state index is 12.8. The molecule has 1 fully saturated rings.